The second-order valence-corrected chi connectivity index (χ2v) is 9.18. The lowest BCUT2D eigenvalue weighted by atomic mass is 9.83. The number of nitrogens with one attached hydrogen (secondary N) is 1. The number of amides is 1. The Balaban J connectivity index is 1.66. The molecular weight excluding hydrogens is 492 g/mol. The van der Waals surface area contributed by atoms with E-state index in [1.54, 1.807) is 6.92 Å². The van der Waals surface area contributed by atoms with Crippen LogP contribution in [0.1, 0.15) is 54.6 Å². The van der Waals surface area contributed by atoms with Crippen LogP contribution in [0.15, 0.2) is 42.9 Å². The van der Waals surface area contributed by atoms with E-state index >= 15 is 0 Å². The highest BCUT2D eigenvalue weighted by atomic mass is 19.3. The Morgan fingerprint density at radius 2 is 1.84 bits per heavy atom. The van der Waals surface area contributed by atoms with Gasteiger partial charge in [-0.25, -0.2) is 27.5 Å². The van der Waals surface area contributed by atoms with Crippen molar-refractivity contribution in [3.05, 3.63) is 65.7 Å². The zero-order chi connectivity index (χ0) is 26.6. The van der Waals surface area contributed by atoms with Crippen molar-refractivity contribution in [1.82, 2.24) is 15.0 Å². The van der Waals surface area contributed by atoms with E-state index in [0.717, 1.165) is 18.2 Å². The molecular formula is C26H26F4N4O3. The maximum Gasteiger partial charge on any atom is 0.316 e. The van der Waals surface area contributed by atoms with Crippen LogP contribution >= 0.6 is 0 Å². The van der Waals surface area contributed by atoms with Gasteiger partial charge in [0.15, 0.2) is 0 Å². The molecule has 196 valence electrons. The number of nitrogens with zero attached hydrogens (tertiary/aromatic N) is 3. The monoisotopic (exact) mass is 518 g/mol. The highest BCUT2D eigenvalue weighted by Gasteiger charge is 2.37. The highest BCUT2D eigenvalue weighted by molar-refractivity contribution is 6.06. The fraction of sp³-hybridized carbons (Fsp3) is 0.385. The first kappa shape index (κ1) is 26.5. The summed E-state index contributed by atoms with van der Waals surface area (Å²) in [5, 5.41) is 11.8. The molecule has 0 spiro atoms. The third kappa shape index (κ3) is 6.40. The highest BCUT2D eigenvalue weighted by Crippen LogP contribution is 2.44. The lowest BCUT2D eigenvalue weighted by Crippen LogP contribution is -2.25. The number of anilines is 1. The summed E-state index contributed by atoms with van der Waals surface area (Å²) >= 11 is 0. The first-order valence-electron chi connectivity index (χ1n) is 11.9. The van der Waals surface area contributed by atoms with Gasteiger partial charge in [0.05, 0.1) is 23.6 Å². The summed E-state index contributed by atoms with van der Waals surface area (Å²) in [4.78, 5) is 25.5. The molecule has 37 heavy (non-hydrogen) atoms. The third-order valence-electron chi connectivity index (χ3n) is 6.24. The summed E-state index contributed by atoms with van der Waals surface area (Å²) in [5.41, 5.74) is 0.566. The maximum absolute atomic E-state index is 14.7. The van der Waals surface area contributed by atoms with Crippen LogP contribution in [0.25, 0.3) is 11.1 Å². The van der Waals surface area contributed by atoms with E-state index in [1.165, 1.54) is 24.7 Å². The minimum Gasteiger partial charge on any atom is -0.463 e. The number of aliphatic hydroxyl groups excluding tert-OH is 1. The van der Waals surface area contributed by atoms with Crippen LogP contribution in [0.3, 0.4) is 0 Å². The molecule has 11 heteroatoms. The van der Waals surface area contributed by atoms with Gasteiger partial charge in [0.1, 0.15) is 11.6 Å². The number of carbonyl (C=O) groups is 1. The molecule has 1 fully saturated rings. The average molecular weight is 519 g/mol. The second-order valence-electron chi connectivity index (χ2n) is 9.18. The zero-order valence-electron chi connectivity index (χ0n) is 20.1. The minimum absolute atomic E-state index is 0.0181. The van der Waals surface area contributed by atoms with Gasteiger partial charge in [0, 0.05) is 61.0 Å². The minimum atomic E-state index is -2.78. The van der Waals surface area contributed by atoms with E-state index in [1.807, 2.05) is 0 Å². The molecule has 1 saturated carbocycles. The number of rotatable bonds is 8. The largest absolute Gasteiger partial charge is 0.463 e. The predicted octanol–water partition coefficient (Wildman–Crippen LogP) is 5.37. The number of carbonyl (C=O) groups excluding carboxylic acids is 1. The van der Waals surface area contributed by atoms with Crippen molar-refractivity contribution in [2.75, 3.05) is 18.5 Å². The van der Waals surface area contributed by atoms with Crippen molar-refractivity contribution in [3.63, 3.8) is 0 Å². The van der Waals surface area contributed by atoms with Crippen LogP contribution in [-0.2, 0) is 0 Å². The lowest BCUT2D eigenvalue weighted by molar-refractivity contribution is -0.0384. The Labute approximate surface area is 210 Å². The number of aliphatic hydroxyl groups is 1. The Hall–Kier alpha value is -3.60. The molecule has 0 bridgehead atoms. The lowest BCUT2D eigenvalue weighted by Gasteiger charge is -2.29. The van der Waals surface area contributed by atoms with Gasteiger partial charge >= 0.3 is 6.01 Å². The number of ether oxygens (including phenoxy) is 1. The van der Waals surface area contributed by atoms with Gasteiger partial charge in [-0.1, -0.05) is 6.92 Å². The normalized spacial score (nSPS) is 16.3. The number of hydrogen-bond donors (Lipinski definition) is 2. The molecule has 1 amide bonds. The van der Waals surface area contributed by atoms with Crippen LogP contribution in [0, 0.1) is 17.6 Å². The number of alkyl halides is 2. The summed E-state index contributed by atoms with van der Waals surface area (Å²) in [6, 6.07) is 4.41. The van der Waals surface area contributed by atoms with Crippen LogP contribution in [0.2, 0.25) is 0 Å². The van der Waals surface area contributed by atoms with Crippen LogP contribution in [0.5, 0.6) is 6.01 Å². The van der Waals surface area contributed by atoms with Crippen molar-refractivity contribution in [3.8, 4) is 17.1 Å². The summed E-state index contributed by atoms with van der Waals surface area (Å²) in [6.07, 6.45) is 3.44. The summed E-state index contributed by atoms with van der Waals surface area (Å²) in [6.45, 7) is 1.89. The fourth-order valence-corrected chi connectivity index (χ4v) is 4.12. The Kier molecular flexibility index (Phi) is 8.01. The van der Waals surface area contributed by atoms with E-state index in [9.17, 15) is 22.4 Å². The van der Waals surface area contributed by atoms with Gasteiger partial charge in [-0.15, -0.1) is 0 Å². The molecule has 3 aromatic rings. The SMILES string of the molecule is C[C@H](CO)COc1ncc(C(=O)Nc2c(-c3cc(F)ccc3F)ccnc2C2CCC(F)(F)CC2)cn1. The third-order valence-corrected chi connectivity index (χ3v) is 6.24. The van der Waals surface area contributed by atoms with Gasteiger partial charge in [-0.3, -0.25) is 9.78 Å². The number of halogens is 4. The molecule has 7 nitrogen and oxygen atoms in total. The Morgan fingerprint density at radius 3 is 2.51 bits per heavy atom. The van der Waals surface area contributed by atoms with Gasteiger partial charge < -0.3 is 15.2 Å². The first-order valence-corrected chi connectivity index (χ1v) is 11.9. The molecule has 1 aliphatic rings. The number of aromatic nitrogens is 3. The standard InChI is InChI=1S/C26H26F4N4O3/c1-15(13-35)14-37-25-32-11-17(12-33-25)24(36)34-23-19(20-10-18(27)2-3-21(20)28)6-9-31-22(23)16-4-7-26(29,30)8-5-16/h2-3,6,9-12,15-16,35H,4-5,7-8,13-14H2,1H3,(H,34,36)/t15-/m1/s1. The van der Waals surface area contributed by atoms with E-state index in [4.69, 9.17) is 9.84 Å². The van der Waals surface area contributed by atoms with E-state index < -0.39 is 29.4 Å². The van der Waals surface area contributed by atoms with Crippen molar-refractivity contribution in [1.29, 1.82) is 0 Å². The van der Waals surface area contributed by atoms with Crippen LogP contribution in [0.4, 0.5) is 23.2 Å². The first-order chi connectivity index (χ1) is 17.7. The molecule has 0 radical (unpaired) electrons. The molecule has 0 aliphatic heterocycles. The predicted molar refractivity (Wildman–Crippen MR) is 127 cm³/mol. The smallest absolute Gasteiger partial charge is 0.316 e. The maximum atomic E-state index is 14.7. The van der Waals surface area contributed by atoms with Crippen molar-refractivity contribution in [2.24, 2.45) is 5.92 Å². The molecule has 2 aromatic heterocycles. The Bertz CT molecular complexity index is 1250. The van der Waals surface area contributed by atoms with Gasteiger partial charge in [-0.05, 0) is 37.1 Å². The number of benzene rings is 1. The molecule has 1 aromatic carbocycles. The summed E-state index contributed by atoms with van der Waals surface area (Å²) < 4.78 is 61.7. The zero-order valence-corrected chi connectivity index (χ0v) is 20.1. The van der Waals surface area contributed by atoms with Crippen molar-refractivity contribution in [2.45, 2.75) is 44.4 Å². The van der Waals surface area contributed by atoms with Gasteiger partial charge in [-0.2, -0.15) is 0 Å². The van der Waals surface area contributed by atoms with Crippen molar-refractivity contribution >= 4 is 11.6 Å². The van der Waals surface area contributed by atoms with Crippen LogP contribution in [-0.4, -0.2) is 45.1 Å². The molecule has 2 N–H and O–H groups in total. The van der Waals surface area contributed by atoms with E-state index in [0.29, 0.717) is 5.69 Å². The van der Waals surface area contributed by atoms with Gasteiger partial charge in [0.25, 0.3) is 5.91 Å². The number of hydrogen-bond acceptors (Lipinski definition) is 6. The van der Waals surface area contributed by atoms with Crippen molar-refractivity contribution < 1.29 is 32.2 Å². The molecule has 2 heterocycles. The summed E-state index contributed by atoms with van der Waals surface area (Å²) in [5.74, 6) is -5.36. The van der Waals surface area contributed by atoms with Crippen LogP contribution < -0.4 is 10.1 Å². The Morgan fingerprint density at radius 1 is 1.14 bits per heavy atom. The quantitative estimate of drug-likeness (QED) is 0.389. The summed E-state index contributed by atoms with van der Waals surface area (Å²) in [7, 11) is 0. The molecule has 1 atom stereocenters. The van der Waals surface area contributed by atoms with E-state index in [-0.39, 0.29) is 73.2 Å². The van der Waals surface area contributed by atoms with Gasteiger partial charge in [0.2, 0.25) is 5.92 Å². The second kappa shape index (κ2) is 11.2. The fourth-order valence-electron chi connectivity index (χ4n) is 4.12. The molecule has 4 rings (SSSR count). The number of pyridine rings is 1. The topological polar surface area (TPSA) is 97.2 Å². The van der Waals surface area contributed by atoms with E-state index in [2.05, 4.69) is 20.3 Å². The average Bonchev–Trinajstić information content (AvgIpc) is 2.89. The molecule has 1 aliphatic carbocycles. The molecule has 0 saturated heterocycles. The molecule has 0 unspecified atom stereocenters.